The molecule has 1 heteroatoms. The molecule has 1 nitrogen and oxygen atoms in total. The topological polar surface area (TPSA) is 17.1 Å². The molecule has 0 radical (unpaired) electrons. The molecule has 0 saturated heterocycles. The SMILES string of the molecule is O=C1C[C@H]2CC=C[C@@H]1C2. The minimum Gasteiger partial charge on any atom is -0.299 e. The highest BCUT2D eigenvalue weighted by Gasteiger charge is 2.32. The van der Waals surface area contributed by atoms with Crippen LogP contribution in [0.15, 0.2) is 12.2 Å². The van der Waals surface area contributed by atoms with Crippen molar-refractivity contribution in [3.8, 4) is 0 Å². The largest absolute Gasteiger partial charge is 0.299 e. The first-order valence-corrected chi connectivity index (χ1v) is 3.55. The molecular weight excluding hydrogens is 112 g/mol. The zero-order valence-corrected chi connectivity index (χ0v) is 5.34. The van der Waals surface area contributed by atoms with E-state index in [1.54, 1.807) is 0 Å². The lowest BCUT2D eigenvalue weighted by atomic mass is 9.96. The average Bonchev–Trinajstić information content (AvgIpc) is 2.09. The third-order valence-electron chi connectivity index (χ3n) is 2.33. The van der Waals surface area contributed by atoms with Crippen molar-refractivity contribution in [2.45, 2.75) is 19.3 Å². The molecule has 0 unspecified atom stereocenters. The predicted molar refractivity (Wildman–Crippen MR) is 35.0 cm³/mol. The standard InChI is InChI=1S/C8H10O/c9-8-5-6-2-1-3-7(8)4-6/h1,3,6-7H,2,4-5H2/t6-,7+/m0/s1. The van der Waals surface area contributed by atoms with Crippen LogP contribution < -0.4 is 0 Å². The van der Waals surface area contributed by atoms with E-state index in [2.05, 4.69) is 12.2 Å². The molecule has 1 saturated carbocycles. The van der Waals surface area contributed by atoms with Gasteiger partial charge in [-0.3, -0.25) is 4.79 Å². The summed E-state index contributed by atoms with van der Waals surface area (Å²) in [6.45, 7) is 0. The molecule has 0 aromatic rings. The fraction of sp³-hybridized carbons (Fsp3) is 0.625. The van der Waals surface area contributed by atoms with Crippen molar-refractivity contribution < 1.29 is 4.79 Å². The predicted octanol–water partition coefficient (Wildman–Crippen LogP) is 1.54. The summed E-state index contributed by atoms with van der Waals surface area (Å²) in [5.41, 5.74) is 0. The summed E-state index contributed by atoms with van der Waals surface area (Å²) in [5, 5.41) is 0. The molecule has 2 aliphatic rings. The van der Waals surface area contributed by atoms with Gasteiger partial charge in [0, 0.05) is 12.3 Å². The number of hydrogen-bond acceptors (Lipinski definition) is 1. The number of hydrogen-bond donors (Lipinski definition) is 0. The number of carbonyl (C=O) groups excluding carboxylic acids is 1. The second kappa shape index (κ2) is 1.69. The molecule has 1 fully saturated rings. The number of Topliss-reactive ketones (excluding diaryl/α,β-unsaturated/α-hetero) is 1. The molecular formula is C8H10O. The highest BCUT2D eigenvalue weighted by atomic mass is 16.1. The average molecular weight is 122 g/mol. The molecule has 0 N–H and O–H groups in total. The first-order chi connectivity index (χ1) is 4.36. The second-order valence-corrected chi connectivity index (χ2v) is 3.04. The van der Waals surface area contributed by atoms with Gasteiger partial charge >= 0.3 is 0 Å². The summed E-state index contributed by atoms with van der Waals surface area (Å²) in [5.74, 6) is 1.48. The van der Waals surface area contributed by atoms with Gasteiger partial charge in [-0.25, -0.2) is 0 Å². The van der Waals surface area contributed by atoms with Gasteiger partial charge in [-0.15, -0.1) is 0 Å². The van der Waals surface area contributed by atoms with E-state index in [-0.39, 0.29) is 0 Å². The van der Waals surface area contributed by atoms with Crippen molar-refractivity contribution in [1.82, 2.24) is 0 Å². The van der Waals surface area contributed by atoms with Gasteiger partial charge in [0.2, 0.25) is 0 Å². The summed E-state index contributed by atoms with van der Waals surface area (Å²) in [6, 6.07) is 0. The lowest BCUT2D eigenvalue weighted by Gasteiger charge is -2.08. The van der Waals surface area contributed by atoms with E-state index in [1.165, 1.54) is 0 Å². The lowest BCUT2D eigenvalue weighted by Crippen LogP contribution is -2.02. The third kappa shape index (κ3) is 0.716. The zero-order valence-electron chi connectivity index (χ0n) is 5.34. The molecule has 0 aliphatic heterocycles. The van der Waals surface area contributed by atoms with E-state index < -0.39 is 0 Å². The van der Waals surface area contributed by atoms with Crippen molar-refractivity contribution in [3.05, 3.63) is 12.2 Å². The molecule has 0 aromatic heterocycles. The van der Waals surface area contributed by atoms with Crippen LogP contribution in [0.5, 0.6) is 0 Å². The van der Waals surface area contributed by atoms with Crippen LogP contribution in [0.1, 0.15) is 19.3 Å². The Balaban J connectivity index is 2.27. The smallest absolute Gasteiger partial charge is 0.140 e. The van der Waals surface area contributed by atoms with E-state index in [4.69, 9.17) is 0 Å². The Morgan fingerprint density at radius 3 is 3.11 bits per heavy atom. The molecule has 2 aliphatic carbocycles. The highest BCUT2D eigenvalue weighted by Crippen LogP contribution is 2.34. The van der Waals surface area contributed by atoms with E-state index in [9.17, 15) is 4.79 Å². The van der Waals surface area contributed by atoms with E-state index in [0.29, 0.717) is 17.6 Å². The van der Waals surface area contributed by atoms with Gasteiger partial charge < -0.3 is 0 Å². The number of rotatable bonds is 0. The Kier molecular flexibility index (Phi) is 0.981. The maximum atomic E-state index is 11.0. The number of carbonyl (C=O) groups is 1. The fourth-order valence-corrected chi connectivity index (χ4v) is 1.81. The molecule has 9 heavy (non-hydrogen) atoms. The molecule has 0 heterocycles. The van der Waals surface area contributed by atoms with Crippen molar-refractivity contribution in [2.24, 2.45) is 11.8 Å². The summed E-state index contributed by atoms with van der Waals surface area (Å²) >= 11 is 0. The van der Waals surface area contributed by atoms with Crippen molar-refractivity contribution in [2.75, 3.05) is 0 Å². The molecule has 0 spiro atoms. The Morgan fingerprint density at radius 1 is 1.56 bits per heavy atom. The van der Waals surface area contributed by atoms with Crippen molar-refractivity contribution >= 4 is 5.78 Å². The third-order valence-corrected chi connectivity index (χ3v) is 2.33. The summed E-state index contributed by atoms with van der Waals surface area (Å²) < 4.78 is 0. The Bertz CT molecular complexity index is 169. The Hall–Kier alpha value is -0.590. The molecule has 2 rings (SSSR count). The van der Waals surface area contributed by atoms with Crippen LogP contribution in [0, 0.1) is 11.8 Å². The van der Waals surface area contributed by atoms with Crippen LogP contribution in [0.25, 0.3) is 0 Å². The maximum absolute atomic E-state index is 11.0. The maximum Gasteiger partial charge on any atom is 0.140 e. The fourth-order valence-electron chi connectivity index (χ4n) is 1.81. The van der Waals surface area contributed by atoms with Crippen LogP contribution >= 0.6 is 0 Å². The minimum atomic E-state index is 0.309. The number of ketones is 1. The first kappa shape index (κ1) is 5.21. The molecule has 0 amide bonds. The van der Waals surface area contributed by atoms with Gasteiger partial charge in [-0.05, 0) is 18.8 Å². The van der Waals surface area contributed by atoms with Gasteiger partial charge in [0.25, 0.3) is 0 Å². The Morgan fingerprint density at radius 2 is 2.44 bits per heavy atom. The number of allylic oxidation sites excluding steroid dienone is 2. The minimum absolute atomic E-state index is 0.309. The first-order valence-electron chi connectivity index (χ1n) is 3.55. The van der Waals surface area contributed by atoms with Crippen molar-refractivity contribution in [1.29, 1.82) is 0 Å². The summed E-state index contributed by atoms with van der Waals surface area (Å²) in [6.07, 6.45) is 7.35. The summed E-state index contributed by atoms with van der Waals surface area (Å²) in [4.78, 5) is 11.0. The van der Waals surface area contributed by atoms with E-state index >= 15 is 0 Å². The Labute approximate surface area is 54.8 Å². The molecule has 0 aromatic carbocycles. The highest BCUT2D eigenvalue weighted by molar-refractivity contribution is 5.85. The second-order valence-electron chi connectivity index (χ2n) is 3.04. The van der Waals surface area contributed by atoms with Gasteiger partial charge in [0.15, 0.2) is 0 Å². The van der Waals surface area contributed by atoms with Crippen LogP contribution in [0.3, 0.4) is 0 Å². The molecule has 2 bridgehead atoms. The quantitative estimate of drug-likeness (QED) is 0.445. The van der Waals surface area contributed by atoms with E-state index in [0.717, 1.165) is 19.3 Å². The summed E-state index contributed by atoms with van der Waals surface area (Å²) in [7, 11) is 0. The van der Waals surface area contributed by atoms with Gasteiger partial charge in [-0.1, -0.05) is 12.2 Å². The van der Waals surface area contributed by atoms with Gasteiger partial charge in [-0.2, -0.15) is 0 Å². The monoisotopic (exact) mass is 122 g/mol. The normalized spacial score (nSPS) is 39.8. The molecule has 2 atom stereocenters. The van der Waals surface area contributed by atoms with E-state index in [1.807, 2.05) is 0 Å². The van der Waals surface area contributed by atoms with Crippen molar-refractivity contribution in [3.63, 3.8) is 0 Å². The lowest BCUT2D eigenvalue weighted by molar-refractivity contribution is -0.119. The van der Waals surface area contributed by atoms with Crippen LogP contribution in [-0.2, 0) is 4.79 Å². The number of fused-ring (bicyclic) bond motifs is 2. The zero-order chi connectivity index (χ0) is 6.27. The van der Waals surface area contributed by atoms with Crippen LogP contribution in [-0.4, -0.2) is 5.78 Å². The van der Waals surface area contributed by atoms with Crippen LogP contribution in [0.4, 0.5) is 0 Å². The van der Waals surface area contributed by atoms with Gasteiger partial charge in [0.1, 0.15) is 5.78 Å². The van der Waals surface area contributed by atoms with Gasteiger partial charge in [0.05, 0.1) is 0 Å². The van der Waals surface area contributed by atoms with Crippen LogP contribution in [0.2, 0.25) is 0 Å². The molecule has 48 valence electrons.